The number of methoxy groups -OCH3 is 1. The lowest BCUT2D eigenvalue weighted by Crippen LogP contribution is -2.58. The van der Waals surface area contributed by atoms with Gasteiger partial charge in [0.05, 0.1) is 37.7 Å². The molecule has 14 heteroatoms. The number of amides is 3. The van der Waals surface area contributed by atoms with E-state index in [0.29, 0.717) is 5.69 Å². The van der Waals surface area contributed by atoms with Crippen molar-refractivity contribution in [3.8, 4) is 11.3 Å². The fourth-order valence-electron chi connectivity index (χ4n) is 4.58. The lowest BCUT2D eigenvalue weighted by Gasteiger charge is -2.27. The number of carbonyl (C=O) groups excluding carboxylic acids is 5. The summed E-state index contributed by atoms with van der Waals surface area (Å²) in [6.07, 6.45) is -2.17. The van der Waals surface area contributed by atoms with Gasteiger partial charge in [-0.1, -0.05) is 50.2 Å². The number of aliphatic hydroxyl groups is 1. The van der Waals surface area contributed by atoms with Gasteiger partial charge in [-0.2, -0.15) is 0 Å². The van der Waals surface area contributed by atoms with E-state index in [1.807, 2.05) is 44.2 Å². The molecule has 1 unspecified atom stereocenters. The zero-order valence-electron chi connectivity index (χ0n) is 24.8. The van der Waals surface area contributed by atoms with Gasteiger partial charge in [-0.3, -0.25) is 24.0 Å². The molecule has 13 nitrogen and oxygen atoms in total. The molecular formula is C29H37BN4O9. The molecule has 0 spiro atoms. The van der Waals surface area contributed by atoms with E-state index < -0.39 is 73.3 Å². The average Bonchev–Trinajstić information content (AvgIpc) is 3.29. The minimum absolute atomic E-state index is 0.0355. The Morgan fingerprint density at radius 2 is 1.72 bits per heavy atom. The number of esters is 1. The largest absolute Gasteiger partial charge is 0.552 e. The maximum Gasteiger partial charge on any atom is 0.552 e. The van der Waals surface area contributed by atoms with Crippen LogP contribution in [0.4, 0.5) is 0 Å². The van der Waals surface area contributed by atoms with Crippen LogP contribution in [-0.2, 0) is 33.2 Å². The first kappa shape index (κ1) is 33.2. The van der Waals surface area contributed by atoms with Crippen molar-refractivity contribution in [1.29, 1.82) is 0 Å². The van der Waals surface area contributed by atoms with Crippen molar-refractivity contribution in [2.45, 2.75) is 63.7 Å². The van der Waals surface area contributed by atoms with Crippen LogP contribution >= 0.6 is 0 Å². The van der Waals surface area contributed by atoms with E-state index in [0.717, 1.165) is 12.7 Å². The molecule has 1 aromatic heterocycles. The fourth-order valence-corrected chi connectivity index (χ4v) is 4.58. The summed E-state index contributed by atoms with van der Waals surface area (Å²) in [5.41, 5.74) is -0.584. The summed E-state index contributed by atoms with van der Waals surface area (Å²) in [4.78, 5) is 68.3. The van der Waals surface area contributed by atoms with Gasteiger partial charge in [-0.25, -0.2) is 4.98 Å². The molecule has 3 rings (SSSR count). The van der Waals surface area contributed by atoms with E-state index in [1.165, 1.54) is 20.0 Å². The van der Waals surface area contributed by atoms with Gasteiger partial charge in [0.15, 0.2) is 5.60 Å². The number of rotatable bonds is 13. The molecule has 1 saturated heterocycles. The number of ether oxygens (including phenoxy) is 1. The number of aromatic nitrogens is 1. The number of carbonyl (C=O) groups is 5. The summed E-state index contributed by atoms with van der Waals surface area (Å²) in [6, 6.07) is 12.7. The van der Waals surface area contributed by atoms with Crippen LogP contribution in [0.3, 0.4) is 0 Å². The number of hydrogen-bond donors (Lipinski definition) is 4. The van der Waals surface area contributed by atoms with Crippen LogP contribution < -0.4 is 16.0 Å². The Morgan fingerprint density at radius 3 is 2.33 bits per heavy atom. The van der Waals surface area contributed by atoms with E-state index in [4.69, 9.17) is 9.31 Å². The molecule has 0 radical (unpaired) electrons. The summed E-state index contributed by atoms with van der Waals surface area (Å²) < 4.78 is 16.1. The Labute approximate surface area is 250 Å². The lowest BCUT2D eigenvalue weighted by molar-refractivity contribution is -0.156. The van der Waals surface area contributed by atoms with Crippen molar-refractivity contribution in [3.63, 3.8) is 0 Å². The molecule has 1 aliphatic heterocycles. The summed E-state index contributed by atoms with van der Waals surface area (Å²) in [7, 11) is 1.13. The Hall–Kier alpha value is -4.30. The molecule has 43 heavy (non-hydrogen) atoms. The van der Waals surface area contributed by atoms with Gasteiger partial charge in [0, 0.05) is 12.6 Å². The van der Waals surface area contributed by atoms with Crippen molar-refractivity contribution in [3.05, 3.63) is 54.2 Å². The lowest BCUT2D eigenvalue weighted by atomic mass is 9.73. The molecule has 0 aliphatic carbocycles. The zero-order chi connectivity index (χ0) is 31.7. The first-order chi connectivity index (χ1) is 20.4. The second-order valence-corrected chi connectivity index (χ2v) is 10.7. The van der Waals surface area contributed by atoms with Crippen molar-refractivity contribution in [1.82, 2.24) is 20.9 Å². The SMILES string of the molecule is CNC(=O)C[C@@]1(CC(=O)OC)OB([C@H](CC(C)C)NC(=O)C(NC(=O)c2cccc(-c3ccccc3)n2)[C@@H](C)O)OC1=O. The first-order valence-electron chi connectivity index (χ1n) is 13.9. The summed E-state index contributed by atoms with van der Waals surface area (Å²) in [5.74, 6) is -4.79. The number of aliphatic hydroxyl groups excluding tert-OH is 1. The second-order valence-electron chi connectivity index (χ2n) is 10.7. The van der Waals surface area contributed by atoms with Gasteiger partial charge >= 0.3 is 19.1 Å². The fraction of sp³-hybridized carbons (Fsp3) is 0.448. The van der Waals surface area contributed by atoms with Crippen LogP contribution in [0.5, 0.6) is 0 Å². The minimum atomic E-state index is -1.97. The highest BCUT2D eigenvalue weighted by Gasteiger charge is 2.58. The number of nitrogens with zero attached hydrogens (tertiary/aromatic N) is 1. The molecular weight excluding hydrogens is 559 g/mol. The molecule has 0 bridgehead atoms. The van der Waals surface area contributed by atoms with Crippen LogP contribution in [0.1, 0.15) is 50.5 Å². The summed E-state index contributed by atoms with van der Waals surface area (Å²) in [5, 5.41) is 18.1. The number of nitrogens with one attached hydrogen (secondary N) is 3. The number of benzene rings is 1. The highest BCUT2D eigenvalue weighted by atomic mass is 16.7. The third-order valence-corrected chi connectivity index (χ3v) is 6.80. The smallest absolute Gasteiger partial charge is 0.506 e. The van der Waals surface area contributed by atoms with Crippen LogP contribution in [0.25, 0.3) is 11.3 Å². The topological polar surface area (TPSA) is 182 Å². The molecule has 2 aromatic rings. The Morgan fingerprint density at radius 1 is 1.02 bits per heavy atom. The van der Waals surface area contributed by atoms with Crippen molar-refractivity contribution < 1.29 is 43.1 Å². The molecule has 4 atom stereocenters. The Kier molecular flexibility index (Phi) is 11.4. The third-order valence-electron chi connectivity index (χ3n) is 6.80. The maximum atomic E-state index is 13.4. The molecule has 1 fully saturated rings. The molecule has 1 aromatic carbocycles. The van der Waals surface area contributed by atoms with Crippen molar-refractivity contribution >= 4 is 36.8 Å². The maximum absolute atomic E-state index is 13.4. The highest BCUT2D eigenvalue weighted by molar-refractivity contribution is 6.51. The predicted octanol–water partition coefficient (Wildman–Crippen LogP) is 0.798. The van der Waals surface area contributed by atoms with Crippen LogP contribution in [-0.4, -0.2) is 84.7 Å². The van der Waals surface area contributed by atoms with Crippen LogP contribution in [0.15, 0.2) is 48.5 Å². The van der Waals surface area contributed by atoms with Gasteiger partial charge < -0.3 is 35.1 Å². The monoisotopic (exact) mass is 596 g/mol. The van der Waals surface area contributed by atoms with Gasteiger partial charge in [-0.15, -0.1) is 0 Å². The zero-order valence-corrected chi connectivity index (χ0v) is 24.8. The van der Waals surface area contributed by atoms with E-state index in [-0.39, 0.29) is 18.0 Å². The van der Waals surface area contributed by atoms with Crippen molar-refractivity contribution in [2.24, 2.45) is 5.92 Å². The molecule has 230 valence electrons. The molecule has 1 aliphatic rings. The number of pyridine rings is 1. The molecule has 2 heterocycles. The summed E-state index contributed by atoms with van der Waals surface area (Å²) in [6.45, 7) is 5.07. The molecule has 4 N–H and O–H groups in total. The van der Waals surface area contributed by atoms with Gasteiger partial charge in [-0.05, 0) is 31.4 Å². The molecule has 3 amide bonds. The van der Waals surface area contributed by atoms with E-state index >= 15 is 0 Å². The van der Waals surface area contributed by atoms with Gasteiger partial charge in [0.2, 0.25) is 11.8 Å². The van der Waals surface area contributed by atoms with E-state index in [1.54, 1.807) is 12.1 Å². The van der Waals surface area contributed by atoms with Crippen molar-refractivity contribution in [2.75, 3.05) is 14.2 Å². The molecule has 0 saturated carbocycles. The normalized spacial score (nSPS) is 18.3. The Balaban J connectivity index is 1.80. The quantitative estimate of drug-likeness (QED) is 0.191. The minimum Gasteiger partial charge on any atom is -0.506 e. The number of hydrogen-bond acceptors (Lipinski definition) is 10. The average molecular weight is 596 g/mol. The van der Waals surface area contributed by atoms with Crippen LogP contribution in [0, 0.1) is 5.92 Å². The summed E-state index contributed by atoms with van der Waals surface area (Å²) >= 11 is 0. The Bertz CT molecular complexity index is 1300. The first-order valence-corrected chi connectivity index (χ1v) is 13.9. The standard InChI is InChI=1S/C29H37BN4O9/c1-17(2)14-22(30-42-28(40)29(43-30,15-23(36)31-4)16-24(37)41-5)33-27(39)25(18(3)35)34-26(38)21-13-9-12-20(32-21)19-10-7-6-8-11-19/h6-13,17-18,22,25,35H,14-16H2,1-5H3,(H,31,36)(H,33,39)(H,34,38)/t18-,22+,25?,29+/m1/s1. The third kappa shape index (κ3) is 8.61. The predicted molar refractivity (Wildman–Crippen MR) is 155 cm³/mol. The van der Waals surface area contributed by atoms with Gasteiger partial charge in [0.25, 0.3) is 5.91 Å². The highest BCUT2D eigenvalue weighted by Crippen LogP contribution is 2.33. The second kappa shape index (κ2) is 14.7. The van der Waals surface area contributed by atoms with E-state index in [2.05, 4.69) is 25.7 Å². The van der Waals surface area contributed by atoms with Gasteiger partial charge in [0.1, 0.15) is 11.7 Å². The van der Waals surface area contributed by atoms with Crippen LogP contribution in [0.2, 0.25) is 0 Å². The van der Waals surface area contributed by atoms with E-state index in [9.17, 15) is 29.1 Å².